The van der Waals surface area contributed by atoms with Gasteiger partial charge >= 0.3 is 0 Å². The molecule has 0 saturated carbocycles. The van der Waals surface area contributed by atoms with Crippen molar-refractivity contribution in [3.8, 4) is 0 Å². The van der Waals surface area contributed by atoms with Crippen molar-refractivity contribution in [2.75, 3.05) is 13.7 Å². The Labute approximate surface area is 81.9 Å². The van der Waals surface area contributed by atoms with Crippen LogP contribution in [0.25, 0.3) is 0 Å². The van der Waals surface area contributed by atoms with Crippen molar-refractivity contribution in [3.63, 3.8) is 0 Å². The number of hydrogen-bond acceptors (Lipinski definition) is 5. The first-order chi connectivity index (χ1) is 6.60. The molecule has 1 aliphatic rings. The van der Waals surface area contributed by atoms with Gasteiger partial charge in [-0.2, -0.15) is 0 Å². The fourth-order valence-electron chi connectivity index (χ4n) is 1.59. The summed E-state index contributed by atoms with van der Waals surface area (Å²) in [5.41, 5.74) is 0. The molecule has 0 radical (unpaired) electrons. The molecule has 0 spiro atoms. The third-order valence-corrected chi connectivity index (χ3v) is 2.48. The normalized spacial score (nSPS) is 37.1. The Morgan fingerprint density at radius 2 is 1.93 bits per heavy atom. The van der Waals surface area contributed by atoms with Crippen molar-refractivity contribution in [2.24, 2.45) is 0 Å². The molecule has 1 saturated heterocycles. The van der Waals surface area contributed by atoms with Gasteiger partial charge in [0.25, 0.3) is 0 Å². The summed E-state index contributed by atoms with van der Waals surface area (Å²) in [6.07, 6.45) is -1.94. The number of hydrogen-bond donors (Lipinski definition) is 5. The summed E-state index contributed by atoms with van der Waals surface area (Å²) in [5, 5.41) is 33.0. The number of rotatable bonds is 3. The van der Waals surface area contributed by atoms with Crippen LogP contribution in [0.1, 0.15) is 6.42 Å². The lowest BCUT2D eigenvalue weighted by Gasteiger charge is -2.14. The first-order valence-corrected chi connectivity index (χ1v) is 4.53. The second kappa shape index (κ2) is 4.70. The molecule has 6 nitrogen and oxygen atoms in total. The molecule has 1 amide bonds. The molecule has 14 heavy (non-hydrogen) atoms. The lowest BCUT2D eigenvalue weighted by Crippen LogP contribution is -2.38. The van der Waals surface area contributed by atoms with Crippen molar-refractivity contribution < 1.29 is 20.1 Å². The summed E-state index contributed by atoms with van der Waals surface area (Å²) in [7, 11) is 1.50. The highest BCUT2D eigenvalue weighted by Gasteiger charge is 2.41. The highest BCUT2D eigenvalue weighted by atomic mass is 16.3. The Bertz CT molecular complexity index is 212. The zero-order valence-corrected chi connectivity index (χ0v) is 7.97. The maximum Gasteiger partial charge on any atom is 0.221 e. The van der Waals surface area contributed by atoms with Crippen molar-refractivity contribution in [3.05, 3.63) is 0 Å². The number of carbonyl (C=O) groups excluding carboxylic acids is 1. The van der Waals surface area contributed by atoms with Gasteiger partial charge in [0.15, 0.2) is 0 Å². The van der Waals surface area contributed by atoms with Crippen LogP contribution in [0, 0.1) is 0 Å². The van der Waals surface area contributed by atoms with E-state index in [2.05, 4.69) is 10.6 Å². The first-order valence-electron chi connectivity index (χ1n) is 4.53. The van der Waals surface area contributed by atoms with Crippen LogP contribution >= 0.6 is 0 Å². The Balaban J connectivity index is 2.52. The van der Waals surface area contributed by atoms with E-state index in [1.807, 2.05) is 0 Å². The number of aliphatic hydroxyl groups excluding tert-OH is 3. The molecule has 0 aliphatic carbocycles. The first kappa shape index (κ1) is 11.4. The third kappa shape index (κ3) is 2.21. The quantitative estimate of drug-likeness (QED) is 0.341. The minimum atomic E-state index is -1.02. The van der Waals surface area contributed by atoms with Crippen molar-refractivity contribution in [2.45, 2.75) is 30.7 Å². The molecular formula is C8H16N2O4. The number of amides is 1. The average Bonchev–Trinajstić information content (AvgIpc) is 2.45. The summed E-state index contributed by atoms with van der Waals surface area (Å²) in [6.45, 7) is -0.261. The van der Waals surface area contributed by atoms with Gasteiger partial charge in [0, 0.05) is 19.5 Å². The molecule has 0 unspecified atom stereocenters. The predicted octanol–water partition coefficient (Wildman–Crippen LogP) is -2.82. The van der Waals surface area contributed by atoms with Crippen LogP contribution in [0.15, 0.2) is 0 Å². The van der Waals surface area contributed by atoms with Crippen molar-refractivity contribution in [1.82, 2.24) is 10.6 Å². The van der Waals surface area contributed by atoms with Gasteiger partial charge in [0.2, 0.25) is 5.91 Å². The van der Waals surface area contributed by atoms with Crippen LogP contribution in [-0.4, -0.2) is 59.2 Å². The summed E-state index contributed by atoms with van der Waals surface area (Å²) in [4.78, 5) is 11.0. The topological polar surface area (TPSA) is 102 Å². The summed E-state index contributed by atoms with van der Waals surface area (Å²) in [5.74, 6) is -0.215. The molecule has 6 heteroatoms. The van der Waals surface area contributed by atoms with Crippen LogP contribution < -0.4 is 10.6 Å². The molecule has 0 aromatic carbocycles. The molecule has 1 rings (SSSR count). The lowest BCUT2D eigenvalue weighted by molar-refractivity contribution is -0.121. The molecular weight excluding hydrogens is 188 g/mol. The van der Waals surface area contributed by atoms with Crippen LogP contribution in [0.4, 0.5) is 0 Å². The summed E-state index contributed by atoms with van der Waals surface area (Å²) >= 11 is 0. The number of aliphatic hydroxyl groups is 3. The highest BCUT2D eigenvalue weighted by Crippen LogP contribution is 2.16. The van der Waals surface area contributed by atoms with Gasteiger partial charge in [-0.15, -0.1) is 0 Å². The van der Waals surface area contributed by atoms with Gasteiger partial charge in [-0.3, -0.25) is 4.79 Å². The lowest BCUT2D eigenvalue weighted by atomic mass is 10.1. The zero-order valence-electron chi connectivity index (χ0n) is 7.97. The van der Waals surface area contributed by atoms with E-state index >= 15 is 0 Å². The van der Waals surface area contributed by atoms with E-state index in [-0.39, 0.29) is 18.9 Å². The Hall–Kier alpha value is -0.690. The molecule has 0 bridgehead atoms. The molecule has 5 N–H and O–H groups in total. The Morgan fingerprint density at radius 1 is 1.36 bits per heavy atom. The van der Waals surface area contributed by atoms with Crippen LogP contribution in [0.2, 0.25) is 0 Å². The van der Waals surface area contributed by atoms with Gasteiger partial charge in [0.1, 0.15) is 0 Å². The molecule has 1 aliphatic heterocycles. The number of carbonyl (C=O) groups is 1. The third-order valence-electron chi connectivity index (χ3n) is 2.48. The molecule has 82 valence electrons. The molecule has 0 aromatic rings. The summed E-state index contributed by atoms with van der Waals surface area (Å²) in [6, 6.07) is -1.05. The second-order valence-corrected chi connectivity index (χ2v) is 3.42. The van der Waals surface area contributed by atoms with Crippen molar-refractivity contribution in [1.29, 1.82) is 0 Å². The summed E-state index contributed by atoms with van der Waals surface area (Å²) < 4.78 is 0. The minimum Gasteiger partial charge on any atom is -0.395 e. The zero-order chi connectivity index (χ0) is 10.7. The Morgan fingerprint density at radius 3 is 2.36 bits per heavy atom. The van der Waals surface area contributed by atoms with E-state index in [0.717, 1.165) is 0 Å². The Kier molecular flexibility index (Phi) is 3.82. The van der Waals surface area contributed by atoms with Gasteiger partial charge < -0.3 is 26.0 Å². The molecule has 4 atom stereocenters. The highest BCUT2D eigenvalue weighted by molar-refractivity contribution is 5.76. The maximum absolute atomic E-state index is 11.0. The molecule has 1 fully saturated rings. The second-order valence-electron chi connectivity index (χ2n) is 3.42. The van der Waals surface area contributed by atoms with E-state index in [0.29, 0.717) is 0 Å². The SMILES string of the molecule is CNC(=O)C[C@H]1N[C@H](CO)[C@@H](O)[C@@H]1O. The largest absolute Gasteiger partial charge is 0.395 e. The van der Waals surface area contributed by atoms with Gasteiger partial charge in [0.05, 0.1) is 24.9 Å². The van der Waals surface area contributed by atoms with E-state index in [1.54, 1.807) is 0 Å². The monoisotopic (exact) mass is 204 g/mol. The van der Waals surface area contributed by atoms with Crippen molar-refractivity contribution >= 4 is 5.91 Å². The van der Waals surface area contributed by atoms with Crippen LogP contribution in [-0.2, 0) is 4.79 Å². The van der Waals surface area contributed by atoms with E-state index in [9.17, 15) is 15.0 Å². The smallest absolute Gasteiger partial charge is 0.221 e. The van der Waals surface area contributed by atoms with Crippen LogP contribution in [0.5, 0.6) is 0 Å². The fourth-order valence-corrected chi connectivity index (χ4v) is 1.59. The van der Waals surface area contributed by atoms with E-state index in [4.69, 9.17) is 5.11 Å². The number of nitrogens with one attached hydrogen (secondary N) is 2. The molecule has 1 heterocycles. The minimum absolute atomic E-state index is 0.0885. The van der Waals surface area contributed by atoms with E-state index < -0.39 is 24.3 Å². The average molecular weight is 204 g/mol. The van der Waals surface area contributed by atoms with Gasteiger partial charge in [-0.25, -0.2) is 0 Å². The standard InChI is InChI=1S/C8H16N2O4/c1-9-6(12)2-4-7(13)8(14)5(3-11)10-4/h4-5,7-8,10-11,13-14H,2-3H2,1H3,(H,9,12)/t4-,5-,7-,8-/m1/s1. The maximum atomic E-state index is 11.0. The van der Waals surface area contributed by atoms with Gasteiger partial charge in [-0.05, 0) is 0 Å². The van der Waals surface area contributed by atoms with E-state index in [1.165, 1.54) is 7.05 Å². The fraction of sp³-hybridized carbons (Fsp3) is 0.875. The molecule has 0 aromatic heterocycles. The predicted molar refractivity (Wildman–Crippen MR) is 48.5 cm³/mol. The van der Waals surface area contributed by atoms with Crippen LogP contribution in [0.3, 0.4) is 0 Å². The van der Waals surface area contributed by atoms with Gasteiger partial charge in [-0.1, -0.05) is 0 Å².